The number of nitrogens with two attached hydrogens (primary N) is 1. The molecule has 2 rings (SSSR count). The second-order valence-corrected chi connectivity index (χ2v) is 5.36. The van der Waals surface area contributed by atoms with Gasteiger partial charge < -0.3 is 10.5 Å². The molecule has 0 saturated heterocycles. The molecule has 106 valence electrons. The molecule has 1 aromatic rings. The zero-order valence-electron chi connectivity index (χ0n) is 11.2. The molecule has 1 saturated carbocycles. The van der Waals surface area contributed by atoms with Gasteiger partial charge in [0.2, 0.25) is 0 Å². The van der Waals surface area contributed by atoms with Gasteiger partial charge in [0.05, 0.1) is 0 Å². The second kappa shape index (κ2) is 6.33. The van der Waals surface area contributed by atoms with Gasteiger partial charge in [-0.2, -0.15) is 0 Å². The molecule has 0 bridgehead atoms. The van der Waals surface area contributed by atoms with E-state index < -0.39 is 11.6 Å². The summed E-state index contributed by atoms with van der Waals surface area (Å²) in [5.41, 5.74) is 6.04. The van der Waals surface area contributed by atoms with Gasteiger partial charge in [-0.05, 0) is 37.3 Å². The monoisotopic (exact) mass is 269 g/mol. The fourth-order valence-corrected chi connectivity index (χ4v) is 2.78. The Morgan fingerprint density at radius 1 is 1.32 bits per heavy atom. The smallest absolute Gasteiger partial charge is 0.167 e. The van der Waals surface area contributed by atoms with Crippen molar-refractivity contribution in [1.29, 1.82) is 0 Å². The fourth-order valence-electron chi connectivity index (χ4n) is 2.78. The van der Waals surface area contributed by atoms with Crippen molar-refractivity contribution in [2.45, 2.75) is 51.2 Å². The molecule has 3 unspecified atom stereocenters. The summed E-state index contributed by atoms with van der Waals surface area (Å²) in [4.78, 5) is 0. The first-order chi connectivity index (χ1) is 9.10. The van der Waals surface area contributed by atoms with E-state index >= 15 is 0 Å². The first-order valence-electron chi connectivity index (χ1n) is 6.97. The van der Waals surface area contributed by atoms with Gasteiger partial charge in [-0.15, -0.1) is 0 Å². The van der Waals surface area contributed by atoms with Crippen molar-refractivity contribution in [1.82, 2.24) is 0 Å². The van der Waals surface area contributed by atoms with E-state index in [1.54, 1.807) is 0 Å². The second-order valence-electron chi connectivity index (χ2n) is 5.36. The minimum absolute atomic E-state index is 0.0717. The standard InChI is InChI=1S/C15H21F2NO/c1-2-3-10-4-6-13(18)15(8-10)19-14-7-5-11(16)9-12(14)17/h5,7,9-10,13,15H,2-4,6,8,18H2,1H3. The molecule has 1 aromatic carbocycles. The summed E-state index contributed by atoms with van der Waals surface area (Å²) in [5.74, 6) is -0.566. The van der Waals surface area contributed by atoms with E-state index in [9.17, 15) is 8.78 Å². The Balaban J connectivity index is 2.03. The summed E-state index contributed by atoms with van der Waals surface area (Å²) in [6.07, 6.45) is 4.98. The first kappa shape index (κ1) is 14.3. The molecule has 0 aromatic heterocycles. The predicted molar refractivity (Wildman–Crippen MR) is 71.0 cm³/mol. The van der Waals surface area contributed by atoms with Gasteiger partial charge >= 0.3 is 0 Å². The lowest BCUT2D eigenvalue weighted by atomic mass is 9.82. The van der Waals surface area contributed by atoms with Crippen molar-refractivity contribution < 1.29 is 13.5 Å². The molecule has 3 atom stereocenters. The summed E-state index contributed by atoms with van der Waals surface area (Å²) in [6.45, 7) is 2.16. The Hall–Kier alpha value is -1.16. The highest BCUT2D eigenvalue weighted by Crippen LogP contribution is 2.31. The van der Waals surface area contributed by atoms with Gasteiger partial charge in [-0.1, -0.05) is 19.8 Å². The lowest BCUT2D eigenvalue weighted by molar-refractivity contribution is 0.0951. The summed E-state index contributed by atoms with van der Waals surface area (Å²) >= 11 is 0. The van der Waals surface area contributed by atoms with Crippen LogP contribution in [0.5, 0.6) is 5.75 Å². The maximum absolute atomic E-state index is 13.6. The first-order valence-corrected chi connectivity index (χ1v) is 6.97. The van der Waals surface area contributed by atoms with Gasteiger partial charge in [-0.25, -0.2) is 8.78 Å². The number of ether oxygens (including phenoxy) is 1. The highest BCUT2D eigenvalue weighted by molar-refractivity contribution is 5.25. The van der Waals surface area contributed by atoms with Crippen LogP contribution < -0.4 is 10.5 Å². The summed E-state index contributed by atoms with van der Waals surface area (Å²) in [5, 5.41) is 0. The third-order valence-electron chi connectivity index (χ3n) is 3.82. The van der Waals surface area contributed by atoms with Crippen molar-refractivity contribution >= 4 is 0 Å². The minimum atomic E-state index is -0.662. The number of hydrogen-bond acceptors (Lipinski definition) is 2. The van der Waals surface area contributed by atoms with Crippen LogP contribution in [0.3, 0.4) is 0 Å². The highest BCUT2D eigenvalue weighted by atomic mass is 19.1. The Morgan fingerprint density at radius 3 is 2.79 bits per heavy atom. The highest BCUT2D eigenvalue weighted by Gasteiger charge is 2.29. The van der Waals surface area contributed by atoms with Crippen LogP contribution in [0.15, 0.2) is 18.2 Å². The van der Waals surface area contributed by atoms with Gasteiger partial charge in [0, 0.05) is 12.1 Å². The van der Waals surface area contributed by atoms with Crippen molar-refractivity contribution in [3.05, 3.63) is 29.8 Å². The third kappa shape index (κ3) is 3.66. The van der Waals surface area contributed by atoms with Crippen molar-refractivity contribution in [3.63, 3.8) is 0 Å². The number of hydrogen-bond donors (Lipinski definition) is 1. The molecule has 2 N–H and O–H groups in total. The molecule has 1 fully saturated rings. The van der Waals surface area contributed by atoms with Gasteiger partial charge in [0.15, 0.2) is 11.6 Å². The van der Waals surface area contributed by atoms with Crippen LogP contribution in [0, 0.1) is 17.6 Å². The van der Waals surface area contributed by atoms with Crippen LogP contribution in [0.25, 0.3) is 0 Å². The van der Waals surface area contributed by atoms with E-state index in [1.165, 1.54) is 12.1 Å². The molecule has 0 aliphatic heterocycles. The molecule has 1 aliphatic carbocycles. The maximum Gasteiger partial charge on any atom is 0.167 e. The van der Waals surface area contributed by atoms with E-state index in [0.29, 0.717) is 5.92 Å². The maximum atomic E-state index is 13.6. The summed E-state index contributed by atoms with van der Waals surface area (Å²) < 4.78 is 32.1. The van der Waals surface area contributed by atoms with Crippen LogP contribution in [0.1, 0.15) is 39.0 Å². The van der Waals surface area contributed by atoms with Crippen LogP contribution in [0.2, 0.25) is 0 Å². The van der Waals surface area contributed by atoms with Crippen molar-refractivity contribution in [2.24, 2.45) is 11.7 Å². The Morgan fingerprint density at radius 2 is 2.11 bits per heavy atom. The van der Waals surface area contributed by atoms with E-state index in [4.69, 9.17) is 10.5 Å². The van der Waals surface area contributed by atoms with E-state index in [1.807, 2.05) is 0 Å². The van der Waals surface area contributed by atoms with Gasteiger partial charge in [0.25, 0.3) is 0 Å². The largest absolute Gasteiger partial charge is 0.486 e. The number of rotatable bonds is 4. The Bertz CT molecular complexity index is 425. The molecule has 0 spiro atoms. The zero-order valence-corrected chi connectivity index (χ0v) is 11.2. The lowest BCUT2D eigenvalue weighted by Crippen LogP contribution is -2.44. The van der Waals surface area contributed by atoms with Crippen LogP contribution in [-0.4, -0.2) is 12.1 Å². The molecule has 4 heteroatoms. The quantitative estimate of drug-likeness (QED) is 0.905. The molecule has 0 heterocycles. The number of benzene rings is 1. The van der Waals surface area contributed by atoms with Gasteiger partial charge in [0.1, 0.15) is 11.9 Å². The van der Waals surface area contributed by atoms with Crippen molar-refractivity contribution in [3.8, 4) is 5.75 Å². The molecular weight excluding hydrogens is 248 g/mol. The fraction of sp³-hybridized carbons (Fsp3) is 0.600. The topological polar surface area (TPSA) is 35.2 Å². The average Bonchev–Trinajstić information content (AvgIpc) is 2.37. The van der Waals surface area contributed by atoms with E-state index in [0.717, 1.165) is 38.2 Å². The van der Waals surface area contributed by atoms with Crippen molar-refractivity contribution in [2.75, 3.05) is 0 Å². The van der Waals surface area contributed by atoms with Crippen LogP contribution in [-0.2, 0) is 0 Å². The predicted octanol–water partition coefficient (Wildman–Crippen LogP) is 3.64. The summed E-state index contributed by atoms with van der Waals surface area (Å²) in [6, 6.07) is 3.31. The third-order valence-corrected chi connectivity index (χ3v) is 3.82. The van der Waals surface area contributed by atoms with Gasteiger partial charge in [-0.3, -0.25) is 0 Å². The van der Waals surface area contributed by atoms with Crippen LogP contribution in [0.4, 0.5) is 8.78 Å². The summed E-state index contributed by atoms with van der Waals surface area (Å²) in [7, 11) is 0. The molecule has 2 nitrogen and oxygen atoms in total. The minimum Gasteiger partial charge on any atom is -0.486 e. The molecule has 0 amide bonds. The Labute approximate surface area is 112 Å². The SMILES string of the molecule is CCCC1CCC(N)C(Oc2ccc(F)cc2F)C1. The molecule has 0 radical (unpaired) electrons. The Kier molecular flexibility index (Phi) is 4.75. The van der Waals surface area contributed by atoms with E-state index in [-0.39, 0.29) is 17.9 Å². The number of halogens is 2. The average molecular weight is 269 g/mol. The molecular formula is C15H21F2NO. The normalized spacial score (nSPS) is 27.3. The van der Waals surface area contributed by atoms with E-state index in [2.05, 4.69) is 6.92 Å². The zero-order chi connectivity index (χ0) is 13.8. The lowest BCUT2D eigenvalue weighted by Gasteiger charge is -2.34. The molecule has 1 aliphatic rings. The molecule has 19 heavy (non-hydrogen) atoms. The van der Waals surface area contributed by atoms with Crippen LogP contribution >= 0.6 is 0 Å².